The molecule has 164 valence electrons. The number of methoxy groups -OCH3 is 1. The molecule has 3 aromatic rings. The zero-order chi connectivity index (χ0) is 22.1. The second kappa shape index (κ2) is 8.65. The number of benzene rings is 2. The maximum Gasteiger partial charge on any atom is 0.261 e. The fourth-order valence-corrected chi connectivity index (χ4v) is 4.46. The van der Waals surface area contributed by atoms with E-state index in [2.05, 4.69) is 19.2 Å². The van der Waals surface area contributed by atoms with Crippen molar-refractivity contribution in [3.8, 4) is 5.75 Å². The number of anilines is 1. The summed E-state index contributed by atoms with van der Waals surface area (Å²) in [5.74, 6) is -0.849. The van der Waals surface area contributed by atoms with Gasteiger partial charge in [0, 0.05) is 17.6 Å². The van der Waals surface area contributed by atoms with Crippen LogP contribution in [-0.4, -0.2) is 22.8 Å². The molecule has 1 N–H and O–H groups in total. The zero-order valence-electron chi connectivity index (χ0n) is 18.0. The summed E-state index contributed by atoms with van der Waals surface area (Å²) in [5, 5.41) is 8.13. The highest BCUT2D eigenvalue weighted by atomic mass is 19.1. The fourth-order valence-electron chi connectivity index (χ4n) is 4.46. The van der Waals surface area contributed by atoms with E-state index in [9.17, 15) is 13.6 Å². The van der Waals surface area contributed by atoms with Crippen LogP contribution in [0.3, 0.4) is 0 Å². The Bertz CT molecular complexity index is 1080. The number of rotatable bonds is 5. The lowest BCUT2D eigenvalue weighted by Gasteiger charge is -2.30. The van der Waals surface area contributed by atoms with Crippen LogP contribution in [0.4, 0.5) is 14.5 Å². The maximum absolute atomic E-state index is 14.0. The topological polar surface area (TPSA) is 56.1 Å². The Hall–Kier alpha value is -2.96. The molecular formula is C24H27F2N3O2. The van der Waals surface area contributed by atoms with Crippen molar-refractivity contribution in [1.82, 2.24) is 9.78 Å². The Balaban J connectivity index is 1.60. The average Bonchev–Trinajstić information content (AvgIpc) is 3.16. The monoisotopic (exact) mass is 427 g/mol. The van der Waals surface area contributed by atoms with Crippen molar-refractivity contribution in [3.63, 3.8) is 0 Å². The average molecular weight is 427 g/mol. The molecule has 5 nitrogen and oxygen atoms in total. The molecule has 0 spiro atoms. The molecule has 1 amide bonds. The van der Waals surface area contributed by atoms with E-state index in [0.717, 1.165) is 41.8 Å². The van der Waals surface area contributed by atoms with Crippen LogP contribution in [0.1, 0.15) is 55.9 Å². The molecule has 1 aromatic heterocycles. The highest BCUT2D eigenvalue weighted by Gasteiger charge is 2.25. The molecular weight excluding hydrogens is 400 g/mol. The summed E-state index contributed by atoms with van der Waals surface area (Å²) >= 11 is 0. The van der Waals surface area contributed by atoms with Crippen LogP contribution >= 0.6 is 0 Å². The summed E-state index contributed by atoms with van der Waals surface area (Å²) in [6, 6.07) is 7.13. The van der Waals surface area contributed by atoms with Crippen LogP contribution in [-0.2, 0) is 0 Å². The van der Waals surface area contributed by atoms with Gasteiger partial charge in [0.2, 0.25) is 0 Å². The van der Waals surface area contributed by atoms with Crippen LogP contribution in [0.5, 0.6) is 5.75 Å². The molecule has 1 aliphatic carbocycles. The summed E-state index contributed by atoms with van der Waals surface area (Å²) in [6.45, 7) is 4.56. The zero-order valence-corrected chi connectivity index (χ0v) is 18.0. The number of aromatic nitrogens is 2. The molecule has 0 aliphatic heterocycles. The third-order valence-electron chi connectivity index (χ3n) is 6.34. The second-order valence-corrected chi connectivity index (χ2v) is 8.58. The van der Waals surface area contributed by atoms with Gasteiger partial charge < -0.3 is 10.1 Å². The number of nitrogens with zero attached hydrogens (tertiary/aromatic N) is 2. The Kier molecular flexibility index (Phi) is 5.94. The maximum atomic E-state index is 14.0. The van der Waals surface area contributed by atoms with E-state index in [1.54, 1.807) is 12.1 Å². The molecule has 0 bridgehead atoms. The molecule has 1 saturated carbocycles. The summed E-state index contributed by atoms with van der Waals surface area (Å²) in [6.07, 6.45) is 6.53. The minimum Gasteiger partial charge on any atom is -0.494 e. The van der Waals surface area contributed by atoms with Gasteiger partial charge in [0.15, 0.2) is 0 Å². The molecule has 7 heteroatoms. The van der Waals surface area contributed by atoms with Crippen molar-refractivity contribution >= 4 is 22.5 Å². The predicted octanol–water partition coefficient (Wildman–Crippen LogP) is 5.96. The number of nitrogens with one attached hydrogen (secondary N) is 1. The molecule has 1 heterocycles. The summed E-state index contributed by atoms with van der Waals surface area (Å²) in [4.78, 5) is 12.5. The first-order chi connectivity index (χ1) is 14.9. The van der Waals surface area contributed by atoms with E-state index in [-0.39, 0.29) is 0 Å². The van der Waals surface area contributed by atoms with Crippen molar-refractivity contribution in [2.24, 2.45) is 11.8 Å². The lowest BCUT2D eigenvalue weighted by molar-refractivity contribution is 0.101. The van der Waals surface area contributed by atoms with Gasteiger partial charge in [-0.1, -0.05) is 19.9 Å². The molecule has 1 aliphatic rings. The first-order valence-corrected chi connectivity index (χ1v) is 10.7. The Labute approximate surface area is 180 Å². The molecule has 4 rings (SSSR count). The first kappa shape index (κ1) is 21.3. The Morgan fingerprint density at radius 1 is 1.16 bits per heavy atom. The van der Waals surface area contributed by atoms with Gasteiger partial charge in [-0.2, -0.15) is 5.10 Å². The SMILES string of the molecule is COc1cc2nn(C3CCC(C(C)C)CC3)cc2cc1NC(=O)c1c(F)cccc1F. The number of halogens is 2. The van der Waals surface area contributed by atoms with Gasteiger partial charge >= 0.3 is 0 Å². The van der Waals surface area contributed by atoms with Crippen LogP contribution in [0.25, 0.3) is 10.9 Å². The van der Waals surface area contributed by atoms with E-state index in [1.807, 2.05) is 10.9 Å². The Morgan fingerprint density at radius 3 is 2.45 bits per heavy atom. The summed E-state index contributed by atoms with van der Waals surface area (Å²) in [5.41, 5.74) is 0.464. The molecule has 31 heavy (non-hydrogen) atoms. The summed E-state index contributed by atoms with van der Waals surface area (Å²) < 4.78 is 35.4. The van der Waals surface area contributed by atoms with E-state index < -0.39 is 23.1 Å². The molecule has 2 aromatic carbocycles. The lowest BCUT2D eigenvalue weighted by Crippen LogP contribution is -2.21. The number of ether oxygens (including phenoxy) is 1. The molecule has 0 atom stereocenters. The van der Waals surface area contributed by atoms with Gasteiger partial charge in [-0.3, -0.25) is 9.48 Å². The number of hydrogen-bond acceptors (Lipinski definition) is 3. The number of hydrogen-bond donors (Lipinski definition) is 1. The van der Waals surface area contributed by atoms with Crippen LogP contribution in [0.2, 0.25) is 0 Å². The highest BCUT2D eigenvalue weighted by Crippen LogP contribution is 2.37. The van der Waals surface area contributed by atoms with Crippen molar-refractivity contribution in [3.05, 3.63) is 53.7 Å². The normalized spacial score (nSPS) is 19.0. The number of carbonyl (C=O) groups excluding carboxylic acids is 1. The number of fused-ring (bicyclic) bond motifs is 1. The van der Waals surface area contributed by atoms with Gasteiger partial charge in [-0.25, -0.2) is 8.78 Å². The van der Waals surface area contributed by atoms with E-state index in [0.29, 0.717) is 23.4 Å². The van der Waals surface area contributed by atoms with Crippen molar-refractivity contribution in [1.29, 1.82) is 0 Å². The van der Waals surface area contributed by atoms with E-state index in [4.69, 9.17) is 9.84 Å². The highest BCUT2D eigenvalue weighted by molar-refractivity contribution is 6.06. The third kappa shape index (κ3) is 4.27. The molecule has 0 unspecified atom stereocenters. The van der Waals surface area contributed by atoms with Gasteiger partial charge in [-0.15, -0.1) is 0 Å². The van der Waals surface area contributed by atoms with Crippen LogP contribution in [0.15, 0.2) is 36.5 Å². The molecule has 0 radical (unpaired) electrons. The third-order valence-corrected chi connectivity index (χ3v) is 6.34. The standard InChI is InChI=1S/C24H27F2N3O2/c1-14(2)15-7-9-17(10-8-15)29-13-16-11-21(22(31-3)12-20(16)28-29)27-24(30)23-18(25)5-4-6-19(23)26/h4-6,11-15,17H,7-10H2,1-3H3,(H,27,30). The van der Waals surface area contributed by atoms with Crippen LogP contribution in [0, 0.1) is 23.5 Å². The minimum atomic E-state index is -0.914. The van der Waals surface area contributed by atoms with Crippen molar-refractivity contribution < 1.29 is 18.3 Å². The lowest BCUT2D eigenvalue weighted by atomic mass is 9.80. The summed E-state index contributed by atoms with van der Waals surface area (Å²) in [7, 11) is 1.48. The number of carbonyl (C=O) groups is 1. The van der Waals surface area contributed by atoms with E-state index >= 15 is 0 Å². The van der Waals surface area contributed by atoms with Crippen LogP contribution < -0.4 is 10.1 Å². The van der Waals surface area contributed by atoms with Gasteiger partial charge in [-0.05, 0) is 55.7 Å². The Morgan fingerprint density at radius 2 is 1.84 bits per heavy atom. The number of amides is 1. The van der Waals surface area contributed by atoms with Gasteiger partial charge in [0.05, 0.1) is 24.4 Å². The minimum absolute atomic E-state index is 0.339. The largest absolute Gasteiger partial charge is 0.494 e. The van der Waals surface area contributed by atoms with Crippen molar-refractivity contribution in [2.45, 2.75) is 45.6 Å². The fraction of sp³-hybridized carbons (Fsp3) is 0.417. The van der Waals surface area contributed by atoms with Gasteiger partial charge in [0.1, 0.15) is 22.9 Å². The predicted molar refractivity (Wildman–Crippen MR) is 116 cm³/mol. The molecule has 0 saturated heterocycles. The first-order valence-electron chi connectivity index (χ1n) is 10.7. The molecule has 1 fully saturated rings. The van der Waals surface area contributed by atoms with E-state index in [1.165, 1.54) is 26.0 Å². The quantitative estimate of drug-likeness (QED) is 0.546. The van der Waals surface area contributed by atoms with Gasteiger partial charge in [0.25, 0.3) is 5.91 Å². The second-order valence-electron chi connectivity index (χ2n) is 8.58. The smallest absolute Gasteiger partial charge is 0.261 e. The van der Waals surface area contributed by atoms with Crippen molar-refractivity contribution in [2.75, 3.05) is 12.4 Å².